The Bertz CT molecular complexity index is 1140. The van der Waals surface area contributed by atoms with Crippen molar-refractivity contribution in [2.75, 3.05) is 25.0 Å². The number of nitrogens with zero attached hydrogens (tertiary/aromatic N) is 4. The van der Waals surface area contributed by atoms with Gasteiger partial charge in [-0.1, -0.05) is 25.1 Å². The molecular formula is C23H25ClN6O2. The number of ether oxygens (including phenoxy) is 1. The van der Waals surface area contributed by atoms with Crippen molar-refractivity contribution in [3.63, 3.8) is 0 Å². The van der Waals surface area contributed by atoms with E-state index in [9.17, 15) is 4.79 Å². The van der Waals surface area contributed by atoms with Gasteiger partial charge in [-0.2, -0.15) is 0 Å². The number of aromatic nitrogens is 4. The second-order valence-electron chi connectivity index (χ2n) is 7.56. The number of nitrogens with one attached hydrogen (secondary N) is 2. The van der Waals surface area contributed by atoms with E-state index < -0.39 is 0 Å². The van der Waals surface area contributed by atoms with Crippen LogP contribution in [0.4, 0.5) is 5.82 Å². The predicted octanol–water partition coefficient (Wildman–Crippen LogP) is 4.08. The molecule has 166 valence electrons. The van der Waals surface area contributed by atoms with Crippen LogP contribution < -0.4 is 10.1 Å². The van der Waals surface area contributed by atoms with E-state index in [-0.39, 0.29) is 11.9 Å². The summed E-state index contributed by atoms with van der Waals surface area (Å²) in [6, 6.07) is 7.40. The minimum Gasteiger partial charge on any atom is -0.489 e. The monoisotopic (exact) mass is 452 g/mol. The molecule has 1 atom stereocenters. The Hall–Kier alpha value is -3.39. The maximum atomic E-state index is 11.8. The number of amides is 1. The largest absolute Gasteiger partial charge is 0.489 e. The third-order valence-corrected chi connectivity index (χ3v) is 5.61. The Morgan fingerprint density at radius 1 is 1.38 bits per heavy atom. The Morgan fingerprint density at radius 3 is 2.94 bits per heavy atom. The molecule has 3 heterocycles. The number of anilines is 1. The van der Waals surface area contributed by atoms with E-state index in [4.69, 9.17) is 16.3 Å². The van der Waals surface area contributed by atoms with Crippen molar-refractivity contribution < 1.29 is 9.53 Å². The zero-order chi connectivity index (χ0) is 22.5. The number of aromatic amines is 1. The highest BCUT2D eigenvalue weighted by Gasteiger charge is 2.25. The second kappa shape index (κ2) is 9.82. The molecular weight excluding hydrogens is 428 g/mol. The number of carbonyl (C=O) groups is 1. The number of carbonyl (C=O) groups excluding carboxylic acids is 1. The summed E-state index contributed by atoms with van der Waals surface area (Å²) in [6.45, 7) is 7.38. The van der Waals surface area contributed by atoms with E-state index in [1.54, 1.807) is 17.0 Å². The van der Waals surface area contributed by atoms with Crippen LogP contribution in [0.1, 0.15) is 25.6 Å². The highest BCUT2D eigenvalue weighted by atomic mass is 35.5. The van der Waals surface area contributed by atoms with Crippen molar-refractivity contribution in [3.05, 3.63) is 59.7 Å². The topological polar surface area (TPSA) is 96.0 Å². The SMILES string of the molecule is C=CC(=O)N1CCC(Nc2ncnc3nc(/C=C(\CC)COc4ccc(Cl)cc4)[nH]c23)C1. The first kappa shape index (κ1) is 21.8. The van der Waals surface area contributed by atoms with Crippen LogP contribution >= 0.6 is 11.6 Å². The molecule has 0 aliphatic carbocycles. The van der Waals surface area contributed by atoms with Gasteiger partial charge >= 0.3 is 0 Å². The van der Waals surface area contributed by atoms with Crippen LogP contribution in [-0.4, -0.2) is 56.5 Å². The fraction of sp³-hybridized carbons (Fsp3) is 0.304. The number of H-pyrrole nitrogens is 1. The first-order valence-corrected chi connectivity index (χ1v) is 10.9. The van der Waals surface area contributed by atoms with E-state index in [2.05, 4.69) is 38.8 Å². The maximum absolute atomic E-state index is 11.8. The lowest BCUT2D eigenvalue weighted by Gasteiger charge is -2.15. The van der Waals surface area contributed by atoms with E-state index in [0.29, 0.717) is 42.0 Å². The molecule has 1 saturated heterocycles. The number of imidazole rings is 1. The van der Waals surface area contributed by atoms with Crippen molar-refractivity contribution in [2.24, 2.45) is 0 Å². The van der Waals surface area contributed by atoms with Gasteiger partial charge in [0.2, 0.25) is 5.91 Å². The van der Waals surface area contributed by atoms with Gasteiger partial charge in [-0.25, -0.2) is 15.0 Å². The smallest absolute Gasteiger partial charge is 0.246 e. The van der Waals surface area contributed by atoms with Crippen LogP contribution in [0.5, 0.6) is 5.75 Å². The molecule has 4 rings (SSSR count). The summed E-state index contributed by atoms with van der Waals surface area (Å²) in [5.41, 5.74) is 2.40. The molecule has 0 saturated carbocycles. The number of rotatable bonds is 8. The molecule has 9 heteroatoms. The molecule has 0 spiro atoms. The summed E-state index contributed by atoms with van der Waals surface area (Å²) in [6.07, 6.45) is 6.47. The van der Waals surface area contributed by atoms with Crippen LogP contribution in [0.2, 0.25) is 5.02 Å². The van der Waals surface area contributed by atoms with Gasteiger partial charge in [0, 0.05) is 24.2 Å². The van der Waals surface area contributed by atoms with E-state index in [1.807, 2.05) is 18.2 Å². The standard InChI is InChI=1S/C23H25ClN6O2/c1-3-15(13-32-18-7-5-16(24)6-8-18)11-19-28-21-22(25-14-26-23(21)29-19)27-17-9-10-30(12-17)20(31)4-2/h4-8,11,14,17H,2-3,9-10,12-13H2,1H3,(H2,25,26,27,28,29)/b15-11+. The van der Waals surface area contributed by atoms with Gasteiger partial charge in [0.15, 0.2) is 11.5 Å². The van der Waals surface area contributed by atoms with Crippen LogP contribution in [0, 0.1) is 0 Å². The molecule has 2 aromatic heterocycles. The zero-order valence-electron chi connectivity index (χ0n) is 17.8. The molecule has 1 aliphatic heterocycles. The summed E-state index contributed by atoms with van der Waals surface area (Å²) in [7, 11) is 0. The third-order valence-electron chi connectivity index (χ3n) is 5.35. The number of fused-ring (bicyclic) bond motifs is 1. The summed E-state index contributed by atoms with van der Waals surface area (Å²) in [5, 5.41) is 4.09. The van der Waals surface area contributed by atoms with Gasteiger partial charge in [0.1, 0.15) is 30.0 Å². The molecule has 0 bridgehead atoms. The molecule has 1 amide bonds. The summed E-state index contributed by atoms with van der Waals surface area (Å²) >= 11 is 5.92. The lowest BCUT2D eigenvalue weighted by molar-refractivity contribution is -0.125. The first-order valence-electron chi connectivity index (χ1n) is 10.5. The third kappa shape index (κ3) is 5.08. The number of likely N-dealkylation sites (tertiary alicyclic amines) is 1. The lowest BCUT2D eigenvalue weighted by Crippen LogP contribution is -2.30. The highest BCUT2D eigenvalue weighted by molar-refractivity contribution is 6.30. The number of benzene rings is 1. The van der Waals surface area contributed by atoms with Gasteiger partial charge in [0.25, 0.3) is 0 Å². The van der Waals surface area contributed by atoms with Crippen molar-refractivity contribution >= 4 is 40.6 Å². The van der Waals surface area contributed by atoms with Gasteiger partial charge in [-0.3, -0.25) is 4.79 Å². The Labute approximate surface area is 191 Å². The fourth-order valence-electron chi connectivity index (χ4n) is 3.57. The van der Waals surface area contributed by atoms with E-state index in [0.717, 1.165) is 29.7 Å². The molecule has 1 unspecified atom stereocenters. The average Bonchev–Trinajstić information content (AvgIpc) is 3.44. The van der Waals surface area contributed by atoms with Crippen LogP contribution in [0.15, 0.2) is 48.8 Å². The summed E-state index contributed by atoms with van der Waals surface area (Å²) < 4.78 is 5.86. The molecule has 32 heavy (non-hydrogen) atoms. The second-order valence-corrected chi connectivity index (χ2v) is 8.00. The van der Waals surface area contributed by atoms with Crippen molar-refractivity contribution in [1.29, 1.82) is 0 Å². The van der Waals surface area contributed by atoms with E-state index in [1.165, 1.54) is 12.4 Å². The van der Waals surface area contributed by atoms with Crippen LogP contribution in [-0.2, 0) is 4.79 Å². The molecule has 3 aromatic rings. The minimum absolute atomic E-state index is 0.0518. The highest BCUT2D eigenvalue weighted by Crippen LogP contribution is 2.22. The molecule has 0 radical (unpaired) electrons. The minimum atomic E-state index is -0.0518. The maximum Gasteiger partial charge on any atom is 0.246 e. The molecule has 8 nitrogen and oxygen atoms in total. The van der Waals surface area contributed by atoms with Gasteiger partial charge in [0.05, 0.1) is 0 Å². The molecule has 1 aromatic carbocycles. The Kier molecular flexibility index (Phi) is 6.70. The average molecular weight is 453 g/mol. The summed E-state index contributed by atoms with van der Waals surface area (Å²) in [5.74, 6) is 2.07. The molecule has 1 aliphatic rings. The molecule has 1 fully saturated rings. The number of hydrogen-bond acceptors (Lipinski definition) is 6. The van der Waals surface area contributed by atoms with Gasteiger partial charge in [-0.15, -0.1) is 0 Å². The van der Waals surface area contributed by atoms with Crippen LogP contribution in [0.25, 0.3) is 17.2 Å². The summed E-state index contributed by atoms with van der Waals surface area (Å²) in [4.78, 5) is 30.2. The predicted molar refractivity (Wildman–Crippen MR) is 126 cm³/mol. The normalized spacial score (nSPS) is 16.4. The van der Waals surface area contributed by atoms with Crippen molar-refractivity contribution in [1.82, 2.24) is 24.8 Å². The zero-order valence-corrected chi connectivity index (χ0v) is 18.6. The first-order chi connectivity index (χ1) is 15.6. The van der Waals surface area contributed by atoms with Gasteiger partial charge < -0.3 is 19.9 Å². The Balaban J connectivity index is 1.47. The Morgan fingerprint density at radius 2 is 2.19 bits per heavy atom. The van der Waals surface area contributed by atoms with E-state index >= 15 is 0 Å². The fourth-order valence-corrected chi connectivity index (χ4v) is 3.70. The number of halogens is 1. The number of hydrogen-bond donors (Lipinski definition) is 2. The lowest BCUT2D eigenvalue weighted by atomic mass is 10.2. The quantitative estimate of drug-likeness (QED) is 0.500. The van der Waals surface area contributed by atoms with Crippen molar-refractivity contribution in [3.8, 4) is 5.75 Å². The van der Waals surface area contributed by atoms with Crippen LogP contribution in [0.3, 0.4) is 0 Å². The van der Waals surface area contributed by atoms with Gasteiger partial charge in [-0.05, 0) is 54.8 Å². The molecule has 2 N–H and O–H groups in total. The van der Waals surface area contributed by atoms with Crippen molar-refractivity contribution in [2.45, 2.75) is 25.8 Å².